The highest BCUT2D eigenvalue weighted by Crippen LogP contribution is 2.21. The summed E-state index contributed by atoms with van der Waals surface area (Å²) in [6.07, 6.45) is 9.63. The van der Waals surface area contributed by atoms with Crippen molar-refractivity contribution in [3.63, 3.8) is 0 Å². The lowest BCUT2D eigenvalue weighted by Crippen LogP contribution is -2.52. The summed E-state index contributed by atoms with van der Waals surface area (Å²) in [4.78, 5) is 41.6. The first-order valence-electron chi connectivity index (χ1n) is 12.5. The minimum atomic E-state index is -0.261. The number of aromatic nitrogens is 2. The number of nitrogen functional groups attached to an aromatic ring is 1. The van der Waals surface area contributed by atoms with Crippen LogP contribution in [-0.2, 0) is 9.57 Å². The average molecular weight is 516 g/mol. The van der Waals surface area contributed by atoms with Crippen molar-refractivity contribution in [2.75, 3.05) is 56.5 Å². The average Bonchev–Trinajstić information content (AvgIpc) is 2.88. The second kappa shape index (κ2) is 14.0. The van der Waals surface area contributed by atoms with Crippen LogP contribution in [0.4, 0.5) is 21.2 Å². The molecule has 0 saturated carbocycles. The number of carbonyl (C=O) groups is 2. The predicted molar refractivity (Wildman–Crippen MR) is 141 cm³/mol. The molecule has 3 rings (SSSR count). The number of hydrogen-bond acceptors (Lipinski definition) is 9. The molecule has 202 valence electrons. The molecule has 0 bridgehead atoms. The maximum Gasteiger partial charge on any atom is 0.321 e. The van der Waals surface area contributed by atoms with Crippen molar-refractivity contribution in [2.24, 2.45) is 5.16 Å². The molecule has 1 unspecified atom stereocenters. The second-order valence-electron chi connectivity index (χ2n) is 8.73. The van der Waals surface area contributed by atoms with Crippen LogP contribution in [0.15, 0.2) is 35.4 Å². The van der Waals surface area contributed by atoms with Gasteiger partial charge in [0.25, 0.3) is 0 Å². The quantitative estimate of drug-likeness (QED) is 0.205. The molecule has 13 heteroatoms. The highest BCUT2D eigenvalue weighted by molar-refractivity contribution is 5.91. The topological polar surface area (TPSA) is 159 Å². The third-order valence-electron chi connectivity index (χ3n) is 5.59. The number of anilines is 2. The Bertz CT molecular complexity index is 1000. The SMILES string of the molecule is CCNC(=O)NCCO/N=C/c1c(N)ncnc1N1CCN(C(=O)NC2=CCC(OC(C)C)C=C2)CC1. The first-order chi connectivity index (χ1) is 17.9. The Morgan fingerprint density at radius 1 is 1.24 bits per heavy atom. The normalized spacial score (nSPS) is 17.6. The molecule has 1 fully saturated rings. The molecule has 1 aliphatic carbocycles. The van der Waals surface area contributed by atoms with Gasteiger partial charge in [0.15, 0.2) is 0 Å². The molecule has 0 aromatic carbocycles. The number of oxime groups is 1. The molecule has 0 spiro atoms. The molecule has 1 aliphatic heterocycles. The highest BCUT2D eigenvalue weighted by atomic mass is 16.6. The highest BCUT2D eigenvalue weighted by Gasteiger charge is 2.25. The van der Waals surface area contributed by atoms with E-state index < -0.39 is 0 Å². The number of nitrogens with zero attached hydrogens (tertiary/aromatic N) is 5. The van der Waals surface area contributed by atoms with Crippen molar-refractivity contribution in [3.05, 3.63) is 35.8 Å². The van der Waals surface area contributed by atoms with E-state index >= 15 is 0 Å². The monoisotopic (exact) mass is 515 g/mol. The lowest BCUT2D eigenvalue weighted by molar-refractivity contribution is 0.0365. The van der Waals surface area contributed by atoms with Crippen LogP contribution in [0.5, 0.6) is 0 Å². The van der Waals surface area contributed by atoms with Crippen LogP contribution in [0.25, 0.3) is 0 Å². The van der Waals surface area contributed by atoms with Crippen LogP contribution in [-0.4, -0.2) is 91.2 Å². The van der Waals surface area contributed by atoms with Gasteiger partial charge in [-0.15, -0.1) is 0 Å². The molecule has 1 atom stereocenters. The Hall–Kier alpha value is -3.87. The Morgan fingerprint density at radius 3 is 2.70 bits per heavy atom. The van der Waals surface area contributed by atoms with E-state index in [0.29, 0.717) is 50.6 Å². The molecule has 1 aromatic heterocycles. The number of piperazine rings is 1. The first-order valence-corrected chi connectivity index (χ1v) is 12.5. The molecule has 2 aliphatic rings. The zero-order valence-electron chi connectivity index (χ0n) is 21.6. The van der Waals surface area contributed by atoms with Crippen LogP contribution < -0.4 is 26.6 Å². The number of rotatable bonds is 10. The summed E-state index contributed by atoms with van der Waals surface area (Å²) in [5.74, 6) is 0.892. The minimum Gasteiger partial charge on any atom is -0.394 e. The van der Waals surface area contributed by atoms with E-state index in [1.165, 1.54) is 12.5 Å². The van der Waals surface area contributed by atoms with Gasteiger partial charge in [-0.05, 0) is 33.3 Å². The number of allylic oxidation sites excluding steroid dienone is 1. The second-order valence-corrected chi connectivity index (χ2v) is 8.73. The molecule has 1 saturated heterocycles. The van der Waals surface area contributed by atoms with Crippen molar-refractivity contribution < 1.29 is 19.2 Å². The lowest BCUT2D eigenvalue weighted by Gasteiger charge is -2.36. The molecule has 0 radical (unpaired) electrons. The summed E-state index contributed by atoms with van der Waals surface area (Å²) in [6, 6.07) is -0.403. The van der Waals surface area contributed by atoms with Gasteiger partial charge in [0.05, 0.1) is 30.5 Å². The van der Waals surface area contributed by atoms with Crippen LogP contribution in [0, 0.1) is 0 Å². The molecule has 5 N–H and O–H groups in total. The van der Waals surface area contributed by atoms with Gasteiger partial charge in [0.1, 0.15) is 24.6 Å². The van der Waals surface area contributed by atoms with Crippen molar-refractivity contribution >= 4 is 29.9 Å². The van der Waals surface area contributed by atoms with E-state index in [1.807, 2.05) is 43.9 Å². The van der Waals surface area contributed by atoms with Gasteiger partial charge in [0, 0.05) is 38.4 Å². The third kappa shape index (κ3) is 8.63. The number of urea groups is 2. The lowest BCUT2D eigenvalue weighted by atomic mass is 10.1. The van der Waals surface area contributed by atoms with Gasteiger partial charge in [-0.25, -0.2) is 19.6 Å². The van der Waals surface area contributed by atoms with Crippen molar-refractivity contribution in [1.29, 1.82) is 0 Å². The standard InChI is InChI=1S/C24H37N9O4/c1-4-26-23(34)27-9-14-36-30-15-20-21(25)28-16-29-22(20)32-10-12-33(13-11-32)24(35)31-18-5-7-19(8-6-18)37-17(2)3/h5-7,15-17,19H,4,8-14H2,1-3H3,(H,31,35)(H2,25,28,29)(H2,26,27,34)/b30-15+. The van der Waals surface area contributed by atoms with Gasteiger partial charge >= 0.3 is 12.1 Å². The summed E-state index contributed by atoms with van der Waals surface area (Å²) in [7, 11) is 0. The molecule has 13 nitrogen and oxygen atoms in total. The largest absolute Gasteiger partial charge is 0.394 e. The van der Waals surface area contributed by atoms with E-state index in [9.17, 15) is 9.59 Å². The Balaban J connectivity index is 1.48. The van der Waals surface area contributed by atoms with Gasteiger partial charge in [-0.1, -0.05) is 17.3 Å². The van der Waals surface area contributed by atoms with Crippen LogP contribution in [0.1, 0.15) is 32.8 Å². The summed E-state index contributed by atoms with van der Waals surface area (Å²) < 4.78 is 5.78. The smallest absolute Gasteiger partial charge is 0.321 e. The number of carbonyl (C=O) groups excluding carboxylic acids is 2. The van der Waals surface area contributed by atoms with Gasteiger partial charge in [0.2, 0.25) is 0 Å². The van der Waals surface area contributed by atoms with Crippen LogP contribution in [0.3, 0.4) is 0 Å². The van der Waals surface area contributed by atoms with E-state index in [4.69, 9.17) is 15.3 Å². The third-order valence-corrected chi connectivity index (χ3v) is 5.59. The predicted octanol–water partition coefficient (Wildman–Crippen LogP) is 1.20. The number of hydrogen-bond donors (Lipinski definition) is 4. The number of nitrogens with two attached hydrogens (primary N) is 1. The Morgan fingerprint density at radius 2 is 2.03 bits per heavy atom. The Labute approximate surface area is 217 Å². The maximum atomic E-state index is 12.8. The van der Waals surface area contributed by atoms with Crippen molar-refractivity contribution in [3.8, 4) is 0 Å². The van der Waals surface area contributed by atoms with E-state index in [1.54, 1.807) is 4.90 Å². The van der Waals surface area contributed by atoms with Gasteiger partial charge < -0.3 is 41.1 Å². The summed E-state index contributed by atoms with van der Waals surface area (Å²) in [6.45, 7) is 9.07. The summed E-state index contributed by atoms with van der Waals surface area (Å²) >= 11 is 0. The number of nitrogens with one attached hydrogen (secondary N) is 3. The van der Waals surface area contributed by atoms with Crippen LogP contribution >= 0.6 is 0 Å². The maximum absolute atomic E-state index is 12.8. The molecule has 1 aromatic rings. The van der Waals surface area contributed by atoms with Gasteiger partial charge in [-0.3, -0.25) is 0 Å². The molecular weight excluding hydrogens is 478 g/mol. The zero-order valence-corrected chi connectivity index (χ0v) is 21.6. The number of ether oxygens (including phenoxy) is 1. The fourth-order valence-corrected chi connectivity index (χ4v) is 3.82. The number of amides is 4. The first kappa shape index (κ1) is 27.7. The molecule has 4 amide bonds. The van der Waals surface area contributed by atoms with Gasteiger partial charge in [-0.2, -0.15) is 0 Å². The van der Waals surface area contributed by atoms with E-state index in [-0.39, 0.29) is 36.7 Å². The fourth-order valence-electron chi connectivity index (χ4n) is 3.82. The summed E-state index contributed by atoms with van der Waals surface area (Å²) in [5.41, 5.74) is 7.38. The summed E-state index contributed by atoms with van der Waals surface area (Å²) in [5, 5.41) is 12.2. The van der Waals surface area contributed by atoms with E-state index in [2.05, 4.69) is 31.1 Å². The molecule has 37 heavy (non-hydrogen) atoms. The Kier molecular flexibility index (Phi) is 10.5. The van der Waals surface area contributed by atoms with Crippen LogP contribution in [0.2, 0.25) is 0 Å². The van der Waals surface area contributed by atoms with E-state index in [0.717, 1.165) is 12.1 Å². The van der Waals surface area contributed by atoms with Crippen molar-refractivity contribution in [1.82, 2.24) is 30.8 Å². The zero-order chi connectivity index (χ0) is 26.6. The fraction of sp³-hybridized carbons (Fsp3) is 0.542. The molecule has 2 heterocycles. The minimum absolute atomic E-state index is 0.0385. The van der Waals surface area contributed by atoms with Crippen molar-refractivity contribution in [2.45, 2.75) is 39.4 Å². The molecular formula is C24H37N9O4.